The van der Waals surface area contributed by atoms with Crippen molar-refractivity contribution >= 4 is 5.96 Å². The lowest BCUT2D eigenvalue weighted by molar-refractivity contribution is 0.159. The van der Waals surface area contributed by atoms with Crippen molar-refractivity contribution in [2.24, 2.45) is 16.8 Å². The number of hydrogen-bond donors (Lipinski definition) is 1. The fraction of sp³-hybridized carbons (Fsp3) is 0.650. The third-order valence-corrected chi connectivity index (χ3v) is 4.66. The van der Waals surface area contributed by atoms with Crippen LogP contribution >= 0.6 is 0 Å². The quantitative estimate of drug-likeness (QED) is 0.633. The normalized spacial score (nSPS) is 19.3. The topological polar surface area (TPSA) is 30.9 Å². The average molecular weight is 349 g/mol. The van der Waals surface area contributed by atoms with Crippen molar-refractivity contribution < 1.29 is 4.39 Å². The SMILES string of the molecule is CN=C(NCC1CCCN(CC(C)C)C1)N(C)Cc1cccc(F)c1. The molecule has 1 fully saturated rings. The Kier molecular flexibility index (Phi) is 7.69. The molecule has 1 heterocycles. The summed E-state index contributed by atoms with van der Waals surface area (Å²) in [7, 11) is 3.79. The molecule has 140 valence electrons. The second-order valence-electron chi connectivity index (χ2n) is 7.58. The second kappa shape index (κ2) is 9.76. The Hall–Kier alpha value is -1.62. The Labute approximate surface area is 152 Å². The summed E-state index contributed by atoms with van der Waals surface area (Å²) in [4.78, 5) is 9.01. The Bertz CT molecular complexity index is 558. The summed E-state index contributed by atoms with van der Waals surface area (Å²) in [5.74, 6) is 2.05. The predicted molar refractivity (Wildman–Crippen MR) is 103 cm³/mol. The van der Waals surface area contributed by atoms with Gasteiger partial charge in [0.1, 0.15) is 5.82 Å². The molecule has 0 bridgehead atoms. The molecule has 1 aromatic carbocycles. The molecule has 0 aliphatic carbocycles. The van der Waals surface area contributed by atoms with Crippen molar-refractivity contribution in [3.8, 4) is 0 Å². The van der Waals surface area contributed by atoms with Gasteiger partial charge < -0.3 is 15.1 Å². The largest absolute Gasteiger partial charge is 0.356 e. The van der Waals surface area contributed by atoms with Gasteiger partial charge in [-0.25, -0.2) is 4.39 Å². The molecule has 1 unspecified atom stereocenters. The highest BCUT2D eigenvalue weighted by Gasteiger charge is 2.21. The molecule has 1 atom stereocenters. The first-order valence-electron chi connectivity index (χ1n) is 9.36. The number of guanidine groups is 1. The van der Waals surface area contributed by atoms with E-state index in [1.54, 1.807) is 19.2 Å². The van der Waals surface area contributed by atoms with Gasteiger partial charge in [0.25, 0.3) is 0 Å². The zero-order valence-corrected chi connectivity index (χ0v) is 16.1. The summed E-state index contributed by atoms with van der Waals surface area (Å²) in [5.41, 5.74) is 0.950. The van der Waals surface area contributed by atoms with Gasteiger partial charge >= 0.3 is 0 Å². The first-order chi connectivity index (χ1) is 12.0. The van der Waals surface area contributed by atoms with Crippen LogP contribution in [0.4, 0.5) is 4.39 Å². The van der Waals surface area contributed by atoms with Crippen LogP contribution < -0.4 is 5.32 Å². The zero-order chi connectivity index (χ0) is 18.2. The Balaban J connectivity index is 1.83. The van der Waals surface area contributed by atoms with Crippen molar-refractivity contribution in [3.63, 3.8) is 0 Å². The molecule has 25 heavy (non-hydrogen) atoms. The van der Waals surface area contributed by atoms with Crippen LogP contribution in [0.5, 0.6) is 0 Å². The minimum absolute atomic E-state index is 0.193. The molecule has 0 amide bonds. The van der Waals surface area contributed by atoms with Crippen LogP contribution in [-0.4, -0.2) is 56.0 Å². The van der Waals surface area contributed by atoms with Gasteiger partial charge in [0.15, 0.2) is 5.96 Å². The number of nitrogens with zero attached hydrogens (tertiary/aromatic N) is 3. The van der Waals surface area contributed by atoms with Gasteiger partial charge in [0, 0.05) is 40.3 Å². The molecular formula is C20H33FN4. The van der Waals surface area contributed by atoms with Crippen molar-refractivity contribution in [3.05, 3.63) is 35.6 Å². The van der Waals surface area contributed by atoms with Crippen LogP contribution in [0.3, 0.4) is 0 Å². The smallest absolute Gasteiger partial charge is 0.193 e. The van der Waals surface area contributed by atoms with Crippen molar-refractivity contribution in [1.29, 1.82) is 0 Å². The van der Waals surface area contributed by atoms with Gasteiger partial charge in [-0.15, -0.1) is 0 Å². The molecule has 4 nitrogen and oxygen atoms in total. The minimum atomic E-state index is -0.193. The summed E-state index contributed by atoms with van der Waals surface area (Å²) in [6, 6.07) is 6.75. The zero-order valence-electron chi connectivity index (χ0n) is 16.1. The fourth-order valence-corrected chi connectivity index (χ4v) is 3.60. The maximum atomic E-state index is 13.3. The van der Waals surface area contributed by atoms with E-state index in [-0.39, 0.29) is 5.82 Å². The molecule has 1 saturated heterocycles. The lowest BCUT2D eigenvalue weighted by Gasteiger charge is -2.34. The number of halogens is 1. The van der Waals surface area contributed by atoms with Crippen molar-refractivity contribution in [2.75, 3.05) is 40.3 Å². The molecule has 0 aromatic heterocycles. The predicted octanol–water partition coefficient (Wildman–Crippen LogP) is 3.20. The van der Waals surface area contributed by atoms with Gasteiger partial charge in [0.05, 0.1) is 0 Å². The highest BCUT2D eigenvalue weighted by molar-refractivity contribution is 5.79. The van der Waals surface area contributed by atoms with E-state index in [2.05, 4.69) is 29.1 Å². The summed E-state index contributed by atoms with van der Waals surface area (Å²) < 4.78 is 13.3. The van der Waals surface area contributed by atoms with Gasteiger partial charge in [-0.3, -0.25) is 4.99 Å². The molecule has 1 aliphatic heterocycles. The van der Waals surface area contributed by atoms with E-state index in [1.807, 2.05) is 18.0 Å². The van der Waals surface area contributed by atoms with Gasteiger partial charge in [-0.05, 0) is 48.9 Å². The minimum Gasteiger partial charge on any atom is -0.356 e. The van der Waals surface area contributed by atoms with E-state index in [1.165, 1.54) is 32.0 Å². The summed E-state index contributed by atoms with van der Waals surface area (Å²) >= 11 is 0. The first-order valence-corrected chi connectivity index (χ1v) is 9.36. The van der Waals surface area contributed by atoms with E-state index in [0.29, 0.717) is 12.5 Å². The molecule has 0 saturated carbocycles. The molecule has 2 rings (SSSR count). The van der Waals surface area contributed by atoms with E-state index in [4.69, 9.17) is 0 Å². The third-order valence-electron chi connectivity index (χ3n) is 4.66. The maximum Gasteiger partial charge on any atom is 0.193 e. The molecule has 0 radical (unpaired) electrons. The fourth-order valence-electron chi connectivity index (χ4n) is 3.60. The van der Waals surface area contributed by atoms with Gasteiger partial charge in [-0.2, -0.15) is 0 Å². The van der Waals surface area contributed by atoms with Gasteiger partial charge in [0.2, 0.25) is 0 Å². The summed E-state index contributed by atoms with van der Waals surface area (Å²) in [5, 5.41) is 3.50. The van der Waals surface area contributed by atoms with E-state index >= 15 is 0 Å². The van der Waals surface area contributed by atoms with E-state index < -0.39 is 0 Å². The lowest BCUT2D eigenvalue weighted by atomic mass is 9.97. The standard InChI is InChI=1S/C20H33FN4/c1-16(2)13-25-10-6-8-18(15-25)12-23-20(22-3)24(4)14-17-7-5-9-19(21)11-17/h5,7,9,11,16,18H,6,8,10,12-15H2,1-4H3,(H,22,23). The number of benzene rings is 1. The molecule has 1 aromatic rings. The number of aliphatic imine (C=N–C) groups is 1. The van der Waals surface area contributed by atoms with Crippen molar-refractivity contribution in [1.82, 2.24) is 15.1 Å². The highest BCUT2D eigenvalue weighted by Crippen LogP contribution is 2.17. The molecular weight excluding hydrogens is 315 g/mol. The van der Waals surface area contributed by atoms with E-state index in [0.717, 1.165) is 30.5 Å². The highest BCUT2D eigenvalue weighted by atomic mass is 19.1. The number of piperidine rings is 1. The monoisotopic (exact) mass is 348 g/mol. The summed E-state index contributed by atoms with van der Waals surface area (Å²) in [6.07, 6.45) is 2.54. The van der Waals surface area contributed by atoms with Crippen LogP contribution in [-0.2, 0) is 6.54 Å². The molecule has 1 aliphatic rings. The number of hydrogen-bond acceptors (Lipinski definition) is 2. The molecule has 1 N–H and O–H groups in total. The van der Waals surface area contributed by atoms with Crippen LogP contribution in [0.1, 0.15) is 32.3 Å². The van der Waals surface area contributed by atoms with Crippen LogP contribution in [0.2, 0.25) is 0 Å². The van der Waals surface area contributed by atoms with Crippen molar-refractivity contribution in [2.45, 2.75) is 33.2 Å². The number of likely N-dealkylation sites (tertiary alicyclic amines) is 1. The van der Waals surface area contributed by atoms with Crippen LogP contribution in [0.25, 0.3) is 0 Å². The Morgan fingerprint density at radius 3 is 2.92 bits per heavy atom. The molecule has 0 spiro atoms. The van der Waals surface area contributed by atoms with Gasteiger partial charge in [-0.1, -0.05) is 26.0 Å². The average Bonchev–Trinajstić information content (AvgIpc) is 2.55. The number of rotatable bonds is 6. The lowest BCUT2D eigenvalue weighted by Crippen LogP contribution is -2.45. The summed E-state index contributed by atoms with van der Waals surface area (Å²) in [6.45, 7) is 9.72. The Morgan fingerprint density at radius 1 is 1.44 bits per heavy atom. The molecule has 5 heteroatoms. The van der Waals surface area contributed by atoms with E-state index in [9.17, 15) is 4.39 Å². The third kappa shape index (κ3) is 6.65. The first kappa shape index (κ1) is 19.7. The van der Waals surface area contributed by atoms with Crippen LogP contribution in [0.15, 0.2) is 29.3 Å². The maximum absolute atomic E-state index is 13.3. The van der Waals surface area contributed by atoms with Crippen LogP contribution in [0, 0.1) is 17.7 Å². The Morgan fingerprint density at radius 2 is 2.24 bits per heavy atom. The second-order valence-corrected chi connectivity index (χ2v) is 7.58. The number of nitrogens with one attached hydrogen (secondary N) is 1.